The fourth-order valence-electron chi connectivity index (χ4n) is 1.99. The first kappa shape index (κ1) is 11.5. The first-order valence-electron chi connectivity index (χ1n) is 6.02. The predicted octanol–water partition coefficient (Wildman–Crippen LogP) is 3.39. The molecule has 1 aromatic heterocycles. The van der Waals surface area contributed by atoms with E-state index in [-0.39, 0.29) is 5.75 Å². The molecule has 4 nitrogen and oxygen atoms in total. The first-order chi connectivity index (χ1) is 9.24. The molecule has 0 amide bonds. The molecule has 2 N–H and O–H groups in total. The van der Waals surface area contributed by atoms with Crippen molar-refractivity contribution >= 4 is 22.3 Å². The van der Waals surface area contributed by atoms with Gasteiger partial charge in [-0.25, -0.2) is 0 Å². The number of rotatable bonds is 2. The highest BCUT2D eigenvalue weighted by molar-refractivity contribution is 5.93. The highest BCUT2D eigenvalue weighted by Gasteiger charge is 2.07. The second kappa shape index (κ2) is 4.57. The highest BCUT2D eigenvalue weighted by atomic mass is 16.3. The molecule has 0 aliphatic heterocycles. The van der Waals surface area contributed by atoms with Crippen molar-refractivity contribution in [2.24, 2.45) is 0 Å². The number of aromatic hydroxyl groups is 1. The maximum atomic E-state index is 9.30. The highest BCUT2D eigenvalue weighted by Crippen LogP contribution is 2.27. The minimum Gasteiger partial charge on any atom is -0.508 e. The fourth-order valence-corrected chi connectivity index (χ4v) is 1.99. The Hall–Kier alpha value is -2.62. The summed E-state index contributed by atoms with van der Waals surface area (Å²) in [7, 11) is 0. The van der Waals surface area contributed by atoms with Crippen LogP contribution in [0.2, 0.25) is 0 Å². The van der Waals surface area contributed by atoms with Gasteiger partial charge in [0.2, 0.25) is 0 Å². The quantitative estimate of drug-likeness (QED) is 0.685. The average Bonchev–Trinajstić information content (AvgIpc) is 2.44. The summed E-state index contributed by atoms with van der Waals surface area (Å²) in [5, 5.41) is 22.0. The zero-order chi connectivity index (χ0) is 13.2. The van der Waals surface area contributed by atoms with Gasteiger partial charge in [0, 0.05) is 11.1 Å². The van der Waals surface area contributed by atoms with Crippen LogP contribution in [0.3, 0.4) is 0 Å². The van der Waals surface area contributed by atoms with Crippen LogP contribution in [0.5, 0.6) is 5.75 Å². The summed E-state index contributed by atoms with van der Waals surface area (Å²) in [6.45, 7) is 1.92. The number of fused-ring (bicyclic) bond motifs is 1. The van der Waals surface area contributed by atoms with Gasteiger partial charge in [0.15, 0.2) is 0 Å². The summed E-state index contributed by atoms with van der Waals surface area (Å²) < 4.78 is 0. The van der Waals surface area contributed by atoms with Crippen molar-refractivity contribution in [2.75, 3.05) is 5.32 Å². The lowest BCUT2D eigenvalue weighted by molar-refractivity contribution is 0.475. The summed E-state index contributed by atoms with van der Waals surface area (Å²) in [5.74, 6) is 0.250. The number of aryl methyl sites for hydroxylation is 1. The molecule has 0 saturated carbocycles. The van der Waals surface area contributed by atoms with Crippen LogP contribution >= 0.6 is 0 Å². The van der Waals surface area contributed by atoms with E-state index in [1.807, 2.05) is 43.3 Å². The summed E-state index contributed by atoms with van der Waals surface area (Å²) in [4.78, 5) is 0. The Morgan fingerprint density at radius 3 is 2.47 bits per heavy atom. The molecular weight excluding hydrogens is 238 g/mol. The van der Waals surface area contributed by atoms with E-state index in [4.69, 9.17) is 0 Å². The first-order valence-corrected chi connectivity index (χ1v) is 6.02. The number of nitrogens with one attached hydrogen (secondary N) is 1. The van der Waals surface area contributed by atoms with E-state index < -0.39 is 0 Å². The minimum absolute atomic E-state index is 0.250. The van der Waals surface area contributed by atoms with Crippen molar-refractivity contribution < 1.29 is 5.11 Å². The van der Waals surface area contributed by atoms with Gasteiger partial charge in [-0.2, -0.15) is 10.2 Å². The fraction of sp³-hybridized carbons (Fsp3) is 0.0667. The van der Waals surface area contributed by atoms with Crippen molar-refractivity contribution in [1.82, 2.24) is 10.2 Å². The Bertz CT molecular complexity index is 723. The molecule has 0 unspecified atom stereocenters. The van der Waals surface area contributed by atoms with E-state index in [0.29, 0.717) is 0 Å². The van der Waals surface area contributed by atoms with Gasteiger partial charge < -0.3 is 10.4 Å². The maximum Gasteiger partial charge on any atom is 0.115 e. The van der Waals surface area contributed by atoms with Gasteiger partial charge in [0.25, 0.3) is 0 Å². The number of phenolic OH excluding ortho intramolecular Hbond substituents is 1. The van der Waals surface area contributed by atoms with Crippen LogP contribution < -0.4 is 5.32 Å². The number of benzene rings is 2. The second-order valence-electron chi connectivity index (χ2n) is 4.35. The molecule has 0 aliphatic carbocycles. The van der Waals surface area contributed by atoms with Gasteiger partial charge >= 0.3 is 0 Å². The molecule has 0 fully saturated rings. The van der Waals surface area contributed by atoms with Crippen LogP contribution in [0, 0.1) is 6.92 Å². The summed E-state index contributed by atoms with van der Waals surface area (Å²) in [6.07, 6.45) is 0. The topological polar surface area (TPSA) is 58.0 Å². The van der Waals surface area contributed by atoms with Gasteiger partial charge in [-0.3, -0.25) is 0 Å². The van der Waals surface area contributed by atoms with E-state index in [1.54, 1.807) is 12.1 Å². The Labute approximate surface area is 110 Å². The van der Waals surface area contributed by atoms with Crippen molar-refractivity contribution in [3.63, 3.8) is 0 Å². The third kappa shape index (κ3) is 2.20. The number of hydrogen-bond acceptors (Lipinski definition) is 4. The Morgan fingerprint density at radius 2 is 1.68 bits per heavy atom. The zero-order valence-corrected chi connectivity index (χ0v) is 10.5. The van der Waals surface area contributed by atoms with E-state index in [9.17, 15) is 5.11 Å². The summed E-state index contributed by atoms with van der Waals surface area (Å²) >= 11 is 0. The van der Waals surface area contributed by atoms with Gasteiger partial charge in [-0.05, 0) is 37.3 Å². The van der Waals surface area contributed by atoms with Gasteiger partial charge in [-0.15, -0.1) is 0 Å². The second-order valence-corrected chi connectivity index (χ2v) is 4.35. The lowest BCUT2D eigenvalue weighted by Crippen LogP contribution is -1.98. The van der Waals surface area contributed by atoms with Crippen LogP contribution in [0.15, 0.2) is 48.5 Å². The molecule has 2 aromatic carbocycles. The lowest BCUT2D eigenvalue weighted by Gasteiger charge is -2.11. The van der Waals surface area contributed by atoms with Crippen molar-refractivity contribution in [3.8, 4) is 5.75 Å². The molecule has 0 saturated heterocycles. The molecule has 19 heavy (non-hydrogen) atoms. The largest absolute Gasteiger partial charge is 0.508 e. The Morgan fingerprint density at radius 1 is 0.947 bits per heavy atom. The summed E-state index contributed by atoms with van der Waals surface area (Å²) in [6, 6.07) is 14.8. The monoisotopic (exact) mass is 251 g/mol. The predicted molar refractivity (Wildman–Crippen MR) is 75.7 cm³/mol. The van der Waals surface area contributed by atoms with E-state index >= 15 is 0 Å². The van der Waals surface area contributed by atoms with Crippen LogP contribution in [0.25, 0.3) is 10.9 Å². The van der Waals surface area contributed by atoms with Crippen LogP contribution in [-0.2, 0) is 0 Å². The molecule has 0 aliphatic rings. The normalized spacial score (nSPS) is 10.6. The molecule has 3 aromatic rings. The molecule has 0 spiro atoms. The number of hydrogen-bond donors (Lipinski definition) is 2. The minimum atomic E-state index is 0.250. The van der Waals surface area contributed by atoms with E-state index in [1.165, 1.54) is 0 Å². The third-order valence-corrected chi connectivity index (χ3v) is 2.98. The standard InChI is InChI=1S/C15H13N3O/c1-10-15(16-11-6-8-12(19)9-7-11)13-4-2-3-5-14(13)18-17-10/h2-9,19H,1H3,(H,16,18). The SMILES string of the molecule is Cc1nnc2ccccc2c1Nc1ccc(O)cc1. The zero-order valence-electron chi connectivity index (χ0n) is 10.5. The molecule has 0 atom stereocenters. The Kier molecular flexibility index (Phi) is 2.76. The molecule has 3 rings (SSSR count). The molecule has 94 valence electrons. The molecule has 0 bridgehead atoms. The number of anilines is 2. The number of aromatic nitrogens is 2. The van der Waals surface area contributed by atoms with Crippen molar-refractivity contribution in [3.05, 3.63) is 54.2 Å². The number of nitrogens with zero attached hydrogens (tertiary/aromatic N) is 2. The van der Waals surface area contributed by atoms with E-state index in [2.05, 4.69) is 15.5 Å². The van der Waals surface area contributed by atoms with Crippen molar-refractivity contribution in [1.29, 1.82) is 0 Å². The molecule has 0 radical (unpaired) electrons. The smallest absolute Gasteiger partial charge is 0.115 e. The average molecular weight is 251 g/mol. The van der Waals surface area contributed by atoms with E-state index in [0.717, 1.165) is 28.0 Å². The molecule has 4 heteroatoms. The summed E-state index contributed by atoms with van der Waals surface area (Å²) in [5.41, 5.74) is 3.54. The third-order valence-electron chi connectivity index (χ3n) is 2.98. The van der Waals surface area contributed by atoms with Crippen LogP contribution in [-0.4, -0.2) is 15.3 Å². The molecule has 1 heterocycles. The van der Waals surface area contributed by atoms with Crippen LogP contribution in [0.4, 0.5) is 11.4 Å². The molecular formula is C15H13N3O. The Balaban J connectivity index is 2.09. The van der Waals surface area contributed by atoms with Crippen LogP contribution in [0.1, 0.15) is 5.69 Å². The van der Waals surface area contributed by atoms with Crippen molar-refractivity contribution in [2.45, 2.75) is 6.92 Å². The van der Waals surface area contributed by atoms with Gasteiger partial charge in [0.1, 0.15) is 5.75 Å². The number of phenols is 1. The lowest BCUT2D eigenvalue weighted by atomic mass is 10.1. The maximum absolute atomic E-state index is 9.30. The van der Waals surface area contributed by atoms with Gasteiger partial charge in [0.05, 0.1) is 16.9 Å². The van der Waals surface area contributed by atoms with Gasteiger partial charge in [-0.1, -0.05) is 18.2 Å².